The fourth-order valence-electron chi connectivity index (χ4n) is 1.45. The normalized spacial score (nSPS) is 14.1. The summed E-state index contributed by atoms with van der Waals surface area (Å²) in [6, 6.07) is 4.71. The van der Waals surface area contributed by atoms with Gasteiger partial charge in [0.15, 0.2) is 6.10 Å². The monoisotopic (exact) mass is 240 g/mol. The van der Waals surface area contributed by atoms with Crippen LogP contribution in [0.2, 0.25) is 0 Å². The number of aliphatic hydroxyl groups excluding tert-OH is 2. The lowest BCUT2D eigenvalue weighted by atomic mass is 10.0. The molecule has 0 amide bonds. The van der Waals surface area contributed by atoms with E-state index in [-0.39, 0.29) is 17.9 Å². The molecule has 0 heterocycles. The average Bonchev–Trinajstić information content (AvgIpc) is 2.31. The van der Waals surface area contributed by atoms with E-state index in [1.54, 1.807) is 26.0 Å². The fourth-order valence-corrected chi connectivity index (χ4v) is 1.45. The van der Waals surface area contributed by atoms with Crippen LogP contribution in [-0.2, 0) is 9.53 Å². The number of hydrogen-bond acceptors (Lipinski definition) is 5. The molecule has 1 rings (SSSR count). The lowest BCUT2D eigenvalue weighted by Gasteiger charge is -2.18. The van der Waals surface area contributed by atoms with Crippen LogP contribution >= 0.6 is 0 Å². The predicted molar refractivity (Wildman–Crippen MR) is 60.4 cm³/mol. The molecule has 0 bridgehead atoms. The molecule has 2 atom stereocenters. The third-order valence-corrected chi connectivity index (χ3v) is 2.41. The first-order chi connectivity index (χ1) is 7.99. The highest BCUT2D eigenvalue weighted by atomic mass is 16.5. The van der Waals surface area contributed by atoms with Crippen LogP contribution in [0.15, 0.2) is 18.2 Å². The third kappa shape index (κ3) is 2.95. The van der Waals surface area contributed by atoms with Gasteiger partial charge in [0.2, 0.25) is 0 Å². The highest BCUT2D eigenvalue weighted by Crippen LogP contribution is 2.29. The van der Waals surface area contributed by atoms with Gasteiger partial charge in [-0.1, -0.05) is 18.2 Å². The molecule has 0 radical (unpaired) electrons. The van der Waals surface area contributed by atoms with Crippen molar-refractivity contribution in [3.8, 4) is 5.75 Å². The molecule has 1 aromatic rings. The van der Waals surface area contributed by atoms with E-state index in [1.807, 2.05) is 0 Å². The van der Waals surface area contributed by atoms with Crippen LogP contribution in [0, 0.1) is 6.92 Å². The van der Waals surface area contributed by atoms with Crippen molar-refractivity contribution < 1.29 is 24.9 Å². The van der Waals surface area contributed by atoms with E-state index in [0.29, 0.717) is 5.56 Å². The Morgan fingerprint density at radius 3 is 2.65 bits per heavy atom. The second-order valence-electron chi connectivity index (χ2n) is 3.65. The van der Waals surface area contributed by atoms with Crippen LogP contribution in [-0.4, -0.2) is 34.0 Å². The molecule has 1 aromatic carbocycles. The number of benzene rings is 1. The van der Waals surface area contributed by atoms with Crippen molar-refractivity contribution in [2.75, 3.05) is 6.61 Å². The van der Waals surface area contributed by atoms with Gasteiger partial charge >= 0.3 is 5.97 Å². The number of hydrogen-bond donors (Lipinski definition) is 3. The van der Waals surface area contributed by atoms with E-state index in [0.717, 1.165) is 0 Å². The van der Waals surface area contributed by atoms with E-state index in [4.69, 9.17) is 0 Å². The largest absolute Gasteiger partial charge is 0.507 e. The van der Waals surface area contributed by atoms with Gasteiger partial charge in [-0.25, -0.2) is 4.79 Å². The highest BCUT2D eigenvalue weighted by Gasteiger charge is 2.28. The van der Waals surface area contributed by atoms with Crippen molar-refractivity contribution in [3.05, 3.63) is 29.3 Å². The van der Waals surface area contributed by atoms with Gasteiger partial charge in [-0.3, -0.25) is 0 Å². The van der Waals surface area contributed by atoms with E-state index in [2.05, 4.69) is 4.74 Å². The number of ether oxygens (including phenoxy) is 1. The molecule has 0 saturated heterocycles. The van der Waals surface area contributed by atoms with Crippen molar-refractivity contribution in [1.29, 1.82) is 0 Å². The maximum absolute atomic E-state index is 11.2. The Balaban J connectivity index is 2.92. The van der Waals surface area contributed by atoms with E-state index in [9.17, 15) is 20.1 Å². The maximum atomic E-state index is 11.2. The number of aliphatic hydroxyl groups is 2. The molecule has 17 heavy (non-hydrogen) atoms. The number of aromatic hydroxyl groups is 1. The molecular weight excluding hydrogens is 224 g/mol. The van der Waals surface area contributed by atoms with Crippen LogP contribution in [0.1, 0.15) is 24.2 Å². The Bertz CT molecular complexity index is 402. The van der Waals surface area contributed by atoms with Gasteiger partial charge in [-0.15, -0.1) is 0 Å². The number of rotatable bonds is 4. The summed E-state index contributed by atoms with van der Waals surface area (Å²) < 4.78 is 4.59. The number of phenolic OH excluding ortho intramolecular Hbond substituents is 1. The van der Waals surface area contributed by atoms with Gasteiger partial charge in [0.1, 0.15) is 11.9 Å². The second-order valence-corrected chi connectivity index (χ2v) is 3.65. The number of carbonyl (C=O) groups excluding carboxylic acids is 1. The number of phenols is 1. The first-order valence-corrected chi connectivity index (χ1v) is 5.30. The third-order valence-electron chi connectivity index (χ3n) is 2.41. The first-order valence-electron chi connectivity index (χ1n) is 5.30. The second kappa shape index (κ2) is 5.65. The van der Waals surface area contributed by atoms with E-state index in [1.165, 1.54) is 6.07 Å². The zero-order chi connectivity index (χ0) is 13.0. The van der Waals surface area contributed by atoms with E-state index < -0.39 is 18.2 Å². The molecule has 94 valence electrons. The molecule has 0 aliphatic heterocycles. The average molecular weight is 240 g/mol. The minimum Gasteiger partial charge on any atom is -0.507 e. The number of para-hydroxylation sites is 1. The van der Waals surface area contributed by atoms with E-state index >= 15 is 0 Å². The molecule has 5 nitrogen and oxygen atoms in total. The Morgan fingerprint density at radius 1 is 1.41 bits per heavy atom. The van der Waals surface area contributed by atoms with Crippen LogP contribution in [0.25, 0.3) is 0 Å². The SMILES string of the molecule is CCOC(=O)C(O)C(O)c1cccc(C)c1O. The van der Waals surface area contributed by atoms with Gasteiger partial charge in [0, 0.05) is 5.56 Å². The minimum absolute atomic E-state index is 0.102. The molecule has 0 saturated carbocycles. The topological polar surface area (TPSA) is 87.0 Å². The summed E-state index contributed by atoms with van der Waals surface area (Å²) in [7, 11) is 0. The summed E-state index contributed by atoms with van der Waals surface area (Å²) in [5.41, 5.74) is 0.656. The predicted octanol–water partition coefficient (Wildman–Crippen LogP) is 0.658. The van der Waals surface area contributed by atoms with Gasteiger partial charge in [0.05, 0.1) is 6.61 Å². The Hall–Kier alpha value is -1.59. The van der Waals surface area contributed by atoms with Gasteiger partial charge in [-0.05, 0) is 19.4 Å². The zero-order valence-corrected chi connectivity index (χ0v) is 9.75. The standard InChI is InChI=1S/C12H16O5/c1-3-17-12(16)11(15)10(14)8-6-4-5-7(2)9(8)13/h4-6,10-11,13-15H,3H2,1-2H3. The van der Waals surface area contributed by atoms with Crippen LogP contribution in [0.4, 0.5) is 0 Å². The van der Waals surface area contributed by atoms with Crippen molar-refractivity contribution in [2.24, 2.45) is 0 Å². The number of esters is 1. The molecule has 0 fully saturated rings. The zero-order valence-electron chi connectivity index (χ0n) is 9.75. The molecule has 5 heteroatoms. The van der Waals surface area contributed by atoms with Gasteiger partial charge in [-0.2, -0.15) is 0 Å². The molecule has 0 aromatic heterocycles. The van der Waals surface area contributed by atoms with Crippen molar-refractivity contribution in [2.45, 2.75) is 26.1 Å². The summed E-state index contributed by atoms with van der Waals surface area (Å²) in [5.74, 6) is -1.05. The summed E-state index contributed by atoms with van der Waals surface area (Å²) >= 11 is 0. The Kier molecular flexibility index (Phi) is 4.48. The molecule has 0 spiro atoms. The van der Waals surface area contributed by atoms with Crippen molar-refractivity contribution in [3.63, 3.8) is 0 Å². The molecule has 0 aliphatic carbocycles. The first kappa shape index (κ1) is 13.5. The lowest BCUT2D eigenvalue weighted by molar-refractivity contribution is -0.159. The number of carbonyl (C=O) groups is 1. The van der Waals surface area contributed by atoms with Crippen molar-refractivity contribution >= 4 is 5.97 Å². The maximum Gasteiger partial charge on any atom is 0.338 e. The van der Waals surface area contributed by atoms with Crippen LogP contribution < -0.4 is 0 Å². The smallest absolute Gasteiger partial charge is 0.338 e. The van der Waals surface area contributed by atoms with Crippen LogP contribution in [0.5, 0.6) is 5.75 Å². The summed E-state index contributed by atoms with van der Waals surface area (Å²) in [6.07, 6.45) is -3.21. The van der Waals surface area contributed by atoms with Gasteiger partial charge in [0.25, 0.3) is 0 Å². The molecule has 3 N–H and O–H groups in total. The molecule has 2 unspecified atom stereocenters. The van der Waals surface area contributed by atoms with Gasteiger partial charge < -0.3 is 20.1 Å². The Morgan fingerprint density at radius 2 is 2.06 bits per heavy atom. The summed E-state index contributed by atoms with van der Waals surface area (Å²) in [4.78, 5) is 11.2. The highest BCUT2D eigenvalue weighted by molar-refractivity contribution is 5.75. The number of aryl methyl sites for hydroxylation is 1. The minimum atomic E-state index is -1.71. The summed E-state index contributed by atoms with van der Waals surface area (Å²) in [6.45, 7) is 3.37. The Labute approximate surface area is 99.3 Å². The summed E-state index contributed by atoms with van der Waals surface area (Å²) in [5, 5.41) is 29.0. The molecular formula is C12H16O5. The fraction of sp³-hybridized carbons (Fsp3) is 0.417. The van der Waals surface area contributed by atoms with Crippen molar-refractivity contribution in [1.82, 2.24) is 0 Å². The quantitative estimate of drug-likeness (QED) is 0.673. The molecule has 0 aliphatic rings. The van der Waals surface area contributed by atoms with Crippen LogP contribution in [0.3, 0.4) is 0 Å². The lowest BCUT2D eigenvalue weighted by Crippen LogP contribution is -2.30.